The second-order valence-corrected chi connectivity index (χ2v) is 11.4. The van der Waals surface area contributed by atoms with E-state index in [9.17, 15) is 9.59 Å². The van der Waals surface area contributed by atoms with Crippen LogP contribution >= 0.6 is 0 Å². The number of amides is 1. The molecule has 2 fully saturated rings. The molecule has 35 heavy (non-hydrogen) atoms. The van der Waals surface area contributed by atoms with E-state index in [2.05, 4.69) is 45.9 Å². The van der Waals surface area contributed by atoms with E-state index >= 15 is 0 Å². The summed E-state index contributed by atoms with van der Waals surface area (Å²) in [6.45, 7) is 9.47. The molecule has 7 heteroatoms. The smallest absolute Gasteiger partial charge is 0.407 e. The van der Waals surface area contributed by atoms with E-state index in [4.69, 9.17) is 9.47 Å². The van der Waals surface area contributed by atoms with E-state index in [-0.39, 0.29) is 12.0 Å². The van der Waals surface area contributed by atoms with Crippen molar-refractivity contribution in [3.05, 3.63) is 35.9 Å². The monoisotopic (exact) mass is 487 g/mol. The van der Waals surface area contributed by atoms with Crippen molar-refractivity contribution in [2.75, 3.05) is 26.7 Å². The highest BCUT2D eigenvalue weighted by Crippen LogP contribution is 2.44. The zero-order valence-corrected chi connectivity index (χ0v) is 22.1. The van der Waals surface area contributed by atoms with Crippen LogP contribution in [0.1, 0.15) is 77.7 Å². The van der Waals surface area contributed by atoms with Gasteiger partial charge in [-0.2, -0.15) is 0 Å². The van der Waals surface area contributed by atoms with E-state index in [0.29, 0.717) is 24.4 Å². The molecule has 1 heterocycles. The van der Waals surface area contributed by atoms with Crippen LogP contribution in [0.25, 0.3) is 0 Å². The number of carbonyl (C=O) groups is 2. The molecule has 2 aliphatic rings. The Morgan fingerprint density at radius 3 is 2.49 bits per heavy atom. The second-order valence-electron chi connectivity index (χ2n) is 11.4. The number of benzene rings is 1. The van der Waals surface area contributed by atoms with E-state index in [1.165, 1.54) is 45.0 Å². The normalized spacial score (nSPS) is 23.7. The average Bonchev–Trinajstić information content (AvgIpc) is 3.20. The molecule has 1 aliphatic carbocycles. The fraction of sp³-hybridized carbons (Fsp3) is 0.714. The van der Waals surface area contributed by atoms with Crippen molar-refractivity contribution in [2.45, 2.75) is 96.4 Å². The highest BCUT2D eigenvalue weighted by atomic mass is 16.6. The molecule has 1 spiro atoms. The van der Waals surface area contributed by atoms with Crippen molar-refractivity contribution in [1.29, 1.82) is 0 Å². The lowest BCUT2D eigenvalue weighted by Gasteiger charge is -2.38. The maximum absolute atomic E-state index is 12.4. The first-order valence-corrected chi connectivity index (χ1v) is 13.3. The van der Waals surface area contributed by atoms with Crippen LogP contribution in [-0.4, -0.2) is 61.4 Å². The van der Waals surface area contributed by atoms with Crippen molar-refractivity contribution < 1.29 is 19.1 Å². The summed E-state index contributed by atoms with van der Waals surface area (Å²) in [5.74, 6) is -0.194. The third-order valence-electron chi connectivity index (χ3n) is 7.32. The number of methoxy groups -OCH3 is 1. The van der Waals surface area contributed by atoms with Crippen LogP contribution in [0.2, 0.25) is 0 Å². The summed E-state index contributed by atoms with van der Waals surface area (Å²) in [5.41, 5.74) is 1.32. The molecule has 1 aromatic carbocycles. The van der Waals surface area contributed by atoms with Crippen molar-refractivity contribution in [1.82, 2.24) is 15.5 Å². The average molecular weight is 488 g/mol. The molecule has 1 aliphatic heterocycles. The second kappa shape index (κ2) is 12.7. The minimum absolute atomic E-state index is 0.194. The standard InChI is InChI=1S/C28H45N3O4/c1-27(2,3)35-26(33)29-18-9-8-12-24(25(32)34-4)30-23-13-15-28(16-14-23)17-19-31(21-28)20-22-10-6-5-7-11-22/h5-7,10-11,23-24,30H,8-9,12-21H2,1-4H3,(H,29,33)/t23-,24-,28-/m1/s1. The van der Waals surface area contributed by atoms with Crippen molar-refractivity contribution in [3.8, 4) is 0 Å². The Morgan fingerprint density at radius 2 is 1.83 bits per heavy atom. The molecule has 1 atom stereocenters. The number of esters is 1. The number of likely N-dealkylation sites (tertiary alicyclic amines) is 1. The quantitative estimate of drug-likeness (QED) is 0.370. The lowest BCUT2D eigenvalue weighted by Crippen LogP contribution is -2.47. The first kappa shape index (κ1) is 27.5. The molecule has 7 nitrogen and oxygen atoms in total. The van der Waals surface area contributed by atoms with Crippen LogP contribution in [0.5, 0.6) is 0 Å². The van der Waals surface area contributed by atoms with Gasteiger partial charge in [-0.1, -0.05) is 30.3 Å². The molecule has 0 unspecified atom stereocenters. The molecule has 2 N–H and O–H groups in total. The van der Waals surface area contributed by atoms with Crippen LogP contribution in [-0.2, 0) is 20.8 Å². The number of hydrogen-bond acceptors (Lipinski definition) is 6. The zero-order chi connectivity index (χ0) is 25.3. The number of nitrogens with zero attached hydrogens (tertiary/aromatic N) is 1. The van der Waals surface area contributed by atoms with Gasteiger partial charge in [0.05, 0.1) is 7.11 Å². The van der Waals surface area contributed by atoms with Gasteiger partial charge in [0.2, 0.25) is 0 Å². The molecule has 1 amide bonds. The zero-order valence-electron chi connectivity index (χ0n) is 22.1. The molecule has 0 bridgehead atoms. The predicted octanol–water partition coefficient (Wildman–Crippen LogP) is 4.65. The Morgan fingerprint density at radius 1 is 1.11 bits per heavy atom. The summed E-state index contributed by atoms with van der Waals surface area (Å²) in [7, 11) is 1.46. The topological polar surface area (TPSA) is 79.9 Å². The number of ether oxygens (including phenoxy) is 2. The lowest BCUT2D eigenvalue weighted by atomic mass is 9.72. The minimum atomic E-state index is -0.499. The maximum Gasteiger partial charge on any atom is 0.407 e. The lowest BCUT2D eigenvalue weighted by molar-refractivity contribution is -0.143. The van der Waals surface area contributed by atoms with Crippen LogP contribution in [0, 0.1) is 5.41 Å². The molecular weight excluding hydrogens is 442 g/mol. The Labute approximate surface area is 211 Å². The molecule has 3 rings (SSSR count). The summed E-state index contributed by atoms with van der Waals surface area (Å²) in [6, 6.07) is 10.8. The first-order valence-electron chi connectivity index (χ1n) is 13.3. The van der Waals surface area contributed by atoms with Gasteiger partial charge in [-0.15, -0.1) is 0 Å². The van der Waals surface area contributed by atoms with Crippen molar-refractivity contribution in [2.24, 2.45) is 5.41 Å². The van der Waals surface area contributed by atoms with Crippen LogP contribution in [0.4, 0.5) is 4.79 Å². The third-order valence-corrected chi connectivity index (χ3v) is 7.32. The van der Waals surface area contributed by atoms with Gasteiger partial charge in [-0.05, 0) is 89.7 Å². The highest BCUT2D eigenvalue weighted by molar-refractivity contribution is 5.75. The summed E-state index contributed by atoms with van der Waals surface area (Å²) >= 11 is 0. The van der Waals surface area contributed by atoms with Gasteiger partial charge < -0.3 is 20.1 Å². The Balaban J connectivity index is 1.38. The third kappa shape index (κ3) is 9.12. The summed E-state index contributed by atoms with van der Waals surface area (Å²) in [5, 5.41) is 6.38. The van der Waals surface area contributed by atoms with Gasteiger partial charge in [0.15, 0.2) is 0 Å². The number of unbranched alkanes of at least 4 members (excludes halogenated alkanes) is 1. The molecular formula is C28H45N3O4. The summed E-state index contributed by atoms with van der Waals surface area (Å²) < 4.78 is 10.3. The van der Waals surface area contributed by atoms with E-state index in [1.807, 2.05) is 20.8 Å². The van der Waals surface area contributed by atoms with Crippen LogP contribution in [0.3, 0.4) is 0 Å². The van der Waals surface area contributed by atoms with Gasteiger partial charge >= 0.3 is 12.1 Å². The molecule has 1 saturated carbocycles. The van der Waals surface area contributed by atoms with Crippen molar-refractivity contribution in [3.63, 3.8) is 0 Å². The van der Waals surface area contributed by atoms with E-state index in [0.717, 1.165) is 32.2 Å². The number of hydrogen-bond donors (Lipinski definition) is 2. The van der Waals surface area contributed by atoms with E-state index < -0.39 is 11.7 Å². The SMILES string of the molecule is COC(=O)[C@@H](CCCCNC(=O)OC(C)(C)C)N[C@H]1CC[C@@]2(CCN(Cc3ccccc3)C2)CC1. The number of rotatable bonds is 10. The number of nitrogens with one attached hydrogen (secondary N) is 2. The van der Waals surface area contributed by atoms with Gasteiger partial charge in [0, 0.05) is 25.7 Å². The molecule has 1 saturated heterocycles. The largest absolute Gasteiger partial charge is 0.468 e. The van der Waals surface area contributed by atoms with Crippen LogP contribution < -0.4 is 10.6 Å². The molecule has 1 aromatic rings. The predicted molar refractivity (Wildman–Crippen MR) is 138 cm³/mol. The Bertz CT molecular complexity index is 800. The van der Waals surface area contributed by atoms with Gasteiger partial charge in [0.25, 0.3) is 0 Å². The van der Waals surface area contributed by atoms with Gasteiger partial charge in [-0.3, -0.25) is 9.69 Å². The number of carbonyl (C=O) groups excluding carboxylic acids is 2. The van der Waals surface area contributed by atoms with Gasteiger partial charge in [0.1, 0.15) is 11.6 Å². The molecule has 196 valence electrons. The summed E-state index contributed by atoms with van der Waals surface area (Å²) in [4.78, 5) is 26.8. The van der Waals surface area contributed by atoms with E-state index in [1.54, 1.807) is 0 Å². The Kier molecular flexibility index (Phi) is 9.99. The summed E-state index contributed by atoms with van der Waals surface area (Å²) in [6.07, 6.45) is 7.83. The minimum Gasteiger partial charge on any atom is -0.468 e. The van der Waals surface area contributed by atoms with Crippen molar-refractivity contribution >= 4 is 12.1 Å². The number of alkyl carbamates (subject to hydrolysis) is 1. The maximum atomic E-state index is 12.4. The first-order chi connectivity index (χ1) is 16.7. The Hall–Kier alpha value is -2.12. The fourth-order valence-corrected chi connectivity index (χ4v) is 5.48. The molecule has 0 radical (unpaired) electrons. The van der Waals surface area contributed by atoms with Gasteiger partial charge in [-0.25, -0.2) is 4.79 Å². The van der Waals surface area contributed by atoms with Crippen LogP contribution in [0.15, 0.2) is 30.3 Å². The molecule has 0 aromatic heterocycles. The highest BCUT2D eigenvalue weighted by Gasteiger charge is 2.41. The fourth-order valence-electron chi connectivity index (χ4n) is 5.48.